The second kappa shape index (κ2) is 12.6. The van der Waals surface area contributed by atoms with Gasteiger partial charge in [-0.3, -0.25) is 4.99 Å². The molecule has 152 valence electrons. The number of aliphatic imine (C=N–C) groups is 1. The molecule has 7 nitrogen and oxygen atoms in total. The Balaban J connectivity index is 0.00000338. The van der Waals surface area contributed by atoms with E-state index in [0.29, 0.717) is 31.7 Å². The molecule has 3 N–H and O–H groups in total. The highest BCUT2D eigenvalue weighted by Crippen LogP contribution is 2.20. The number of carbonyl (C=O) groups excluding carboxylic acids is 1. The second-order valence-electron chi connectivity index (χ2n) is 7.04. The number of hydrogen-bond acceptors (Lipinski definition) is 4. The summed E-state index contributed by atoms with van der Waals surface area (Å²) in [6.07, 6.45) is 5.24. The highest BCUT2D eigenvalue weighted by molar-refractivity contribution is 14.0. The van der Waals surface area contributed by atoms with Crippen molar-refractivity contribution >= 4 is 36.0 Å². The van der Waals surface area contributed by atoms with Crippen molar-refractivity contribution in [3.05, 3.63) is 0 Å². The number of amides is 1. The molecule has 0 aromatic heterocycles. The van der Waals surface area contributed by atoms with Gasteiger partial charge in [-0.05, 0) is 64.6 Å². The third-order valence-electron chi connectivity index (χ3n) is 5.35. The number of hydrogen-bond donors (Lipinski definition) is 2. The van der Waals surface area contributed by atoms with E-state index in [2.05, 4.69) is 22.1 Å². The third-order valence-corrected chi connectivity index (χ3v) is 5.35. The maximum atomic E-state index is 11.7. The van der Waals surface area contributed by atoms with E-state index in [-0.39, 0.29) is 30.1 Å². The summed E-state index contributed by atoms with van der Waals surface area (Å²) in [5.74, 6) is 1.33. The fraction of sp³-hybridized carbons (Fsp3) is 0.889. The third kappa shape index (κ3) is 7.85. The zero-order valence-corrected chi connectivity index (χ0v) is 18.6. The number of nitrogens with two attached hydrogens (primary N) is 1. The summed E-state index contributed by atoms with van der Waals surface area (Å²) in [5, 5.41) is 3.30. The largest absolute Gasteiger partial charge is 0.450 e. The van der Waals surface area contributed by atoms with Gasteiger partial charge in [-0.1, -0.05) is 6.92 Å². The van der Waals surface area contributed by atoms with E-state index in [1.165, 1.54) is 25.9 Å². The Kier molecular flexibility index (Phi) is 11.3. The van der Waals surface area contributed by atoms with E-state index < -0.39 is 0 Å². The molecule has 2 aliphatic rings. The average Bonchev–Trinajstić information content (AvgIpc) is 2.63. The van der Waals surface area contributed by atoms with Crippen molar-refractivity contribution in [3.63, 3.8) is 0 Å². The van der Waals surface area contributed by atoms with Gasteiger partial charge in [0.05, 0.1) is 6.61 Å². The summed E-state index contributed by atoms with van der Waals surface area (Å²) in [6, 6.07) is 0.294. The van der Waals surface area contributed by atoms with Crippen LogP contribution in [0.4, 0.5) is 4.79 Å². The minimum atomic E-state index is -0.211. The topological polar surface area (TPSA) is 83.2 Å². The Labute approximate surface area is 175 Å². The van der Waals surface area contributed by atoms with E-state index in [4.69, 9.17) is 10.5 Å². The fourth-order valence-corrected chi connectivity index (χ4v) is 3.63. The zero-order chi connectivity index (χ0) is 18.1. The molecule has 2 fully saturated rings. The number of ether oxygens (including phenoxy) is 1. The first kappa shape index (κ1) is 23.3. The van der Waals surface area contributed by atoms with Gasteiger partial charge >= 0.3 is 6.09 Å². The molecule has 26 heavy (non-hydrogen) atoms. The van der Waals surface area contributed by atoms with Crippen molar-refractivity contribution in [1.82, 2.24) is 15.1 Å². The molecule has 0 aliphatic carbocycles. The predicted octanol–water partition coefficient (Wildman–Crippen LogP) is 2.25. The van der Waals surface area contributed by atoms with Crippen LogP contribution in [0.25, 0.3) is 0 Å². The predicted molar refractivity (Wildman–Crippen MR) is 116 cm³/mol. The van der Waals surface area contributed by atoms with E-state index in [9.17, 15) is 4.79 Å². The number of piperidine rings is 2. The van der Waals surface area contributed by atoms with Crippen LogP contribution in [0.2, 0.25) is 0 Å². The number of carbonyl (C=O) groups is 1. The first-order valence-corrected chi connectivity index (χ1v) is 9.82. The lowest BCUT2D eigenvalue weighted by atomic mass is 9.94. The Morgan fingerprint density at radius 3 is 2.38 bits per heavy atom. The van der Waals surface area contributed by atoms with E-state index in [0.717, 1.165) is 38.3 Å². The monoisotopic (exact) mass is 481 g/mol. The molecular weight excluding hydrogens is 445 g/mol. The maximum absolute atomic E-state index is 11.7. The first-order chi connectivity index (χ1) is 12.1. The molecule has 0 radical (unpaired) electrons. The Bertz CT molecular complexity index is 433. The molecule has 2 aliphatic heterocycles. The maximum Gasteiger partial charge on any atom is 0.409 e. The summed E-state index contributed by atoms with van der Waals surface area (Å²) in [4.78, 5) is 20.5. The van der Waals surface area contributed by atoms with E-state index in [1.807, 2.05) is 6.92 Å². The summed E-state index contributed by atoms with van der Waals surface area (Å²) in [7, 11) is 0. The van der Waals surface area contributed by atoms with Gasteiger partial charge in [0.25, 0.3) is 0 Å². The van der Waals surface area contributed by atoms with Crippen molar-refractivity contribution in [2.75, 3.05) is 45.9 Å². The molecule has 0 atom stereocenters. The molecule has 8 heteroatoms. The zero-order valence-electron chi connectivity index (χ0n) is 16.3. The molecule has 2 heterocycles. The summed E-state index contributed by atoms with van der Waals surface area (Å²) < 4.78 is 5.04. The average molecular weight is 481 g/mol. The van der Waals surface area contributed by atoms with Crippen LogP contribution in [0.1, 0.15) is 46.0 Å². The van der Waals surface area contributed by atoms with Crippen molar-refractivity contribution in [1.29, 1.82) is 0 Å². The molecular formula is C18H36IN5O2. The lowest BCUT2D eigenvalue weighted by molar-refractivity contribution is 0.0963. The van der Waals surface area contributed by atoms with Crippen LogP contribution < -0.4 is 11.1 Å². The number of halogens is 1. The SMILES string of the molecule is CCOC(=O)N1CCC(NC(N)=NCCC2CCN(CC)CC2)CC1.I. The standard InChI is InChI=1S/C18H35N5O2.HI/c1-3-22-11-6-15(7-12-22)5-10-20-17(19)21-16-8-13-23(14-9-16)18(24)25-4-2;/h15-16H,3-14H2,1-2H3,(H3,19,20,21);1H. The minimum Gasteiger partial charge on any atom is -0.450 e. The van der Waals surface area contributed by atoms with E-state index >= 15 is 0 Å². The number of likely N-dealkylation sites (tertiary alicyclic amines) is 2. The summed E-state index contributed by atoms with van der Waals surface area (Å²) in [6.45, 7) is 10.3. The Morgan fingerprint density at radius 2 is 1.81 bits per heavy atom. The quantitative estimate of drug-likeness (QED) is 0.346. The molecule has 0 unspecified atom stereocenters. The van der Waals surface area contributed by atoms with Crippen LogP contribution >= 0.6 is 24.0 Å². The fourth-order valence-electron chi connectivity index (χ4n) is 3.63. The van der Waals surface area contributed by atoms with Crippen LogP contribution in [0.5, 0.6) is 0 Å². The first-order valence-electron chi connectivity index (χ1n) is 9.82. The van der Waals surface area contributed by atoms with Crippen molar-refractivity contribution in [2.45, 2.75) is 52.0 Å². The number of guanidine groups is 1. The van der Waals surface area contributed by atoms with Crippen LogP contribution in [0.15, 0.2) is 4.99 Å². The van der Waals surface area contributed by atoms with Gasteiger partial charge in [-0.2, -0.15) is 0 Å². The normalized spacial score (nSPS) is 20.5. The Hall–Kier alpha value is -0.770. The van der Waals surface area contributed by atoms with Gasteiger partial charge in [0, 0.05) is 25.7 Å². The van der Waals surface area contributed by atoms with Crippen molar-refractivity contribution in [3.8, 4) is 0 Å². The molecule has 2 saturated heterocycles. The lowest BCUT2D eigenvalue weighted by Gasteiger charge is -2.32. The summed E-state index contributed by atoms with van der Waals surface area (Å²) in [5.41, 5.74) is 6.03. The van der Waals surface area contributed by atoms with Gasteiger partial charge in [0.15, 0.2) is 5.96 Å². The highest BCUT2D eigenvalue weighted by Gasteiger charge is 2.23. The lowest BCUT2D eigenvalue weighted by Crippen LogP contribution is -2.48. The number of nitrogens with zero attached hydrogens (tertiary/aromatic N) is 3. The smallest absolute Gasteiger partial charge is 0.409 e. The van der Waals surface area contributed by atoms with Gasteiger partial charge < -0.3 is 25.6 Å². The van der Waals surface area contributed by atoms with Crippen LogP contribution in [-0.4, -0.2) is 73.8 Å². The molecule has 0 aromatic carbocycles. The van der Waals surface area contributed by atoms with Gasteiger partial charge in [-0.15, -0.1) is 24.0 Å². The molecule has 0 bridgehead atoms. The molecule has 0 aromatic rings. The van der Waals surface area contributed by atoms with E-state index in [1.54, 1.807) is 4.90 Å². The van der Waals surface area contributed by atoms with Crippen LogP contribution in [0, 0.1) is 5.92 Å². The molecule has 1 amide bonds. The van der Waals surface area contributed by atoms with Gasteiger partial charge in [-0.25, -0.2) is 4.79 Å². The molecule has 2 rings (SSSR count). The number of rotatable bonds is 6. The van der Waals surface area contributed by atoms with Crippen molar-refractivity contribution in [2.24, 2.45) is 16.6 Å². The van der Waals surface area contributed by atoms with Crippen LogP contribution in [-0.2, 0) is 4.74 Å². The molecule has 0 saturated carbocycles. The Morgan fingerprint density at radius 1 is 1.15 bits per heavy atom. The molecule has 0 spiro atoms. The number of nitrogens with one attached hydrogen (secondary N) is 1. The van der Waals surface area contributed by atoms with Crippen LogP contribution in [0.3, 0.4) is 0 Å². The van der Waals surface area contributed by atoms with Gasteiger partial charge in [0.2, 0.25) is 0 Å². The minimum absolute atomic E-state index is 0. The van der Waals surface area contributed by atoms with Crippen molar-refractivity contribution < 1.29 is 9.53 Å². The second-order valence-corrected chi connectivity index (χ2v) is 7.04. The summed E-state index contributed by atoms with van der Waals surface area (Å²) >= 11 is 0. The highest BCUT2D eigenvalue weighted by atomic mass is 127. The van der Waals surface area contributed by atoms with Gasteiger partial charge in [0.1, 0.15) is 0 Å².